The summed E-state index contributed by atoms with van der Waals surface area (Å²) >= 11 is 0. The summed E-state index contributed by atoms with van der Waals surface area (Å²) in [6.45, 7) is 2.50. The van der Waals surface area contributed by atoms with Crippen molar-refractivity contribution >= 4 is 0 Å². The molecule has 3 rings (SSSR count). The Labute approximate surface area is 110 Å². The van der Waals surface area contributed by atoms with Crippen LogP contribution in [-0.2, 0) is 0 Å². The van der Waals surface area contributed by atoms with E-state index in [-0.39, 0.29) is 0 Å². The highest BCUT2D eigenvalue weighted by molar-refractivity contribution is 5.15. The molecule has 1 aliphatic carbocycles. The molecule has 2 aliphatic rings. The van der Waals surface area contributed by atoms with Crippen molar-refractivity contribution in [3.63, 3.8) is 0 Å². The van der Waals surface area contributed by atoms with Gasteiger partial charge in [0.25, 0.3) is 0 Å². The van der Waals surface area contributed by atoms with Gasteiger partial charge in [-0.2, -0.15) is 0 Å². The zero-order chi connectivity index (χ0) is 12.4. The van der Waals surface area contributed by atoms with Gasteiger partial charge in [-0.1, -0.05) is 6.07 Å². The number of likely N-dealkylation sites (tertiary alicyclic amines) is 1. The van der Waals surface area contributed by atoms with Crippen molar-refractivity contribution in [2.24, 2.45) is 0 Å². The molecular formula is C15H23N3. The summed E-state index contributed by atoms with van der Waals surface area (Å²) in [5.41, 5.74) is 1.44. The van der Waals surface area contributed by atoms with E-state index in [9.17, 15) is 0 Å². The molecule has 0 aromatic carbocycles. The monoisotopic (exact) mass is 245 g/mol. The van der Waals surface area contributed by atoms with E-state index in [0.29, 0.717) is 0 Å². The molecule has 1 N–H and O–H groups in total. The van der Waals surface area contributed by atoms with Gasteiger partial charge in [0, 0.05) is 37.6 Å². The van der Waals surface area contributed by atoms with E-state index < -0.39 is 0 Å². The SMILES string of the molecule is CNC1CN(C2CCC(c3cccnc3)CC2)C1. The average Bonchev–Trinajstić information content (AvgIpc) is 2.39. The fraction of sp³-hybridized carbons (Fsp3) is 0.667. The molecule has 0 spiro atoms. The summed E-state index contributed by atoms with van der Waals surface area (Å²) in [6.07, 6.45) is 9.29. The van der Waals surface area contributed by atoms with Crippen LogP contribution in [0.3, 0.4) is 0 Å². The van der Waals surface area contributed by atoms with Crippen LogP contribution in [0, 0.1) is 0 Å². The first-order valence-corrected chi connectivity index (χ1v) is 7.18. The third kappa shape index (κ3) is 2.43. The van der Waals surface area contributed by atoms with Crippen molar-refractivity contribution in [1.29, 1.82) is 0 Å². The van der Waals surface area contributed by atoms with E-state index in [2.05, 4.69) is 34.4 Å². The molecule has 1 aromatic heterocycles. The highest BCUT2D eigenvalue weighted by Gasteiger charge is 2.33. The molecule has 0 amide bonds. The second-order valence-electron chi connectivity index (χ2n) is 5.73. The predicted octanol–water partition coefficient (Wildman–Crippen LogP) is 2.01. The van der Waals surface area contributed by atoms with Crippen LogP contribution >= 0.6 is 0 Å². The summed E-state index contributed by atoms with van der Waals surface area (Å²) in [4.78, 5) is 6.90. The minimum atomic E-state index is 0.737. The fourth-order valence-corrected chi connectivity index (χ4v) is 3.39. The quantitative estimate of drug-likeness (QED) is 0.883. The molecule has 0 bridgehead atoms. The van der Waals surface area contributed by atoms with Crippen LogP contribution in [0.25, 0.3) is 0 Å². The van der Waals surface area contributed by atoms with Crippen molar-refractivity contribution in [3.8, 4) is 0 Å². The minimum absolute atomic E-state index is 0.737. The molecule has 18 heavy (non-hydrogen) atoms. The summed E-state index contributed by atoms with van der Waals surface area (Å²) < 4.78 is 0. The summed E-state index contributed by atoms with van der Waals surface area (Å²) in [5, 5.41) is 3.36. The summed E-state index contributed by atoms with van der Waals surface area (Å²) in [6, 6.07) is 5.87. The van der Waals surface area contributed by atoms with Gasteiger partial charge >= 0.3 is 0 Å². The first kappa shape index (κ1) is 12.1. The van der Waals surface area contributed by atoms with Gasteiger partial charge < -0.3 is 5.32 Å². The lowest BCUT2D eigenvalue weighted by Gasteiger charge is -2.46. The van der Waals surface area contributed by atoms with E-state index in [4.69, 9.17) is 0 Å². The minimum Gasteiger partial charge on any atom is -0.315 e. The topological polar surface area (TPSA) is 28.2 Å². The van der Waals surface area contributed by atoms with Gasteiger partial charge in [0.1, 0.15) is 0 Å². The van der Waals surface area contributed by atoms with Crippen LogP contribution in [0.4, 0.5) is 0 Å². The van der Waals surface area contributed by atoms with Crippen LogP contribution in [0.15, 0.2) is 24.5 Å². The van der Waals surface area contributed by atoms with Crippen LogP contribution in [0.1, 0.15) is 37.2 Å². The van der Waals surface area contributed by atoms with Gasteiger partial charge in [0.05, 0.1) is 0 Å². The van der Waals surface area contributed by atoms with E-state index in [0.717, 1.165) is 18.0 Å². The molecule has 1 saturated heterocycles. The molecule has 0 unspecified atom stereocenters. The Morgan fingerprint density at radius 3 is 2.61 bits per heavy atom. The Kier molecular flexibility index (Phi) is 3.62. The van der Waals surface area contributed by atoms with Crippen LogP contribution in [-0.4, -0.2) is 42.1 Å². The lowest BCUT2D eigenvalue weighted by atomic mass is 9.81. The molecule has 1 aliphatic heterocycles. The fourth-order valence-electron chi connectivity index (χ4n) is 3.39. The molecule has 98 valence electrons. The number of hydrogen-bond donors (Lipinski definition) is 1. The van der Waals surface area contributed by atoms with Gasteiger partial charge in [-0.05, 0) is 50.3 Å². The second kappa shape index (κ2) is 5.37. The van der Waals surface area contributed by atoms with Crippen molar-refractivity contribution in [2.75, 3.05) is 20.1 Å². The van der Waals surface area contributed by atoms with Gasteiger partial charge in [0.15, 0.2) is 0 Å². The Bertz CT molecular complexity index is 365. The molecule has 2 heterocycles. The maximum Gasteiger partial charge on any atom is 0.0320 e. The van der Waals surface area contributed by atoms with Crippen molar-refractivity contribution in [3.05, 3.63) is 30.1 Å². The maximum absolute atomic E-state index is 4.24. The van der Waals surface area contributed by atoms with E-state index in [1.165, 1.54) is 44.3 Å². The molecule has 3 nitrogen and oxygen atoms in total. The van der Waals surface area contributed by atoms with Crippen LogP contribution in [0.2, 0.25) is 0 Å². The number of likely N-dealkylation sites (N-methyl/N-ethyl adjacent to an activating group) is 1. The highest BCUT2D eigenvalue weighted by atomic mass is 15.3. The number of nitrogens with zero attached hydrogens (tertiary/aromatic N) is 2. The Morgan fingerprint density at radius 1 is 1.22 bits per heavy atom. The Balaban J connectivity index is 1.50. The normalized spacial score (nSPS) is 30.1. The summed E-state index contributed by atoms with van der Waals surface area (Å²) in [7, 11) is 2.07. The van der Waals surface area contributed by atoms with Gasteiger partial charge in [-0.3, -0.25) is 9.88 Å². The van der Waals surface area contributed by atoms with Crippen molar-refractivity contribution < 1.29 is 0 Å². The lowest BCUT2D eigenvalue weighted by Crippen LogP contribution is -2.60. The number of nitrogens with one attached hydrogen (secondary N) is 1. The van der Waals surface area contributed by atoms with Crippen molar-refractivity contribution in [2.45, 2.75) is 43.7 Å². The van der Waals surface area contributed by atoms with Crippen LogP contribution in [0.5, 0.6) is 0 Å². The average molecular weight is 245 g/mol. The smallest absolute Gasteiger partial charge is 0.0320 e. The number of rotatable bonds is 3. The van der Waals surface area contributed by atoms with Gasteiger partial charge in [-0.25, -0.2) is 0 Å². The summed E-state index contributed by atoms with van der Waals surface area (Å²) in [5.74, 6) is 0.747. The van der Waals surface area contributed by atoms with E-state index in [1.807, 2.05) is 12.4 Å². The van der Waals surface area contributed by atoms with Crippen LogP contribution < -0.4 is 5.32 Å². The van der Waals surface area contributed by atoms with E-state index in [1.54, 1.807) is 0 Å². The third-order valence-corrected chi connectivity index (χ3v) is 4.69. The first-order valence-electron chi connectivity index (χ1n) is 7.18. The highest BCUT2D eigenvalue weighted by Crippen LogP contribution is 2.35. The molecule has 2 fully saturated rings. The molecule has 1 saturated carbocycles. The zero-order valence-corrected chi connectivity index (χ0v) is 11.2. The first-order chi connectivity index (χ1) is 8.86. The Hall–Kier alpha value is -0.930. The standard InChI is InChI=1S/C15H23N3/c1-16-14-10-18(11-14)15-6-4-12(5-7-15)13-3-2-8-17-9-13/h2-3,8-9,12,14-16H,4-7,10-11H2,1H3. The van der Waals surface area contributed by atoms with Gasteiger partial charge in [-0.15, -0.1) is 0 Å². The number of hydrogen-bond acceptors (Lipinski definition) is 3. The molecule has 0 atom stereocenters. The largest absolute Gasteiger partial charge is 0.315 e. The zero-order valence-electron chi connectivity index (χ0n) is 11.2. The van der Waals surface area contributed by atoms with Gasteiger partial charge in [0.2, 0.25) is 0 Å². The molecule has 3 heteroatoms. The predicted molar refractivity (Wildman–Crippen MR) is 73.7 cm³/mol. The molecule has 0 radical (unpaired) electrons. The lowest BCUT2D eigenvalue weighted by molar-refractivity contribution is 0.0562. The number of aromatic nitrogens is 1. The maximum atomic E-state index is 4.24. The molecular weight excluding hydrogens is 222 g/mol. The van der Waals surface area contributed by atoms with Crippen molar-refractivity contribution in [1.82, 2.24) is 15.2 Å². The van der Waals surface area contributed by atoms with E-state index >= 15 is 0 Å². The third-order valence-electron chi connectivity index (χ3n) is 4.69. The Morgan fingerprint density at radius 2 is 2.00 bits per heavy atom. The second-order valence-corrected chi connectivity index (χ2v) is 5.73. The number of pyridine rings is 1. The molecule has 1 aromatic rings.